The first-order chi connectivity index (χ1) is 16.0. The highest BCUT2D eigenvalue weighted by atomic mass is 19.1. The number of carboxylic acids is 1. The van der Waals surface area contributed by atoms with Crippen LogP contribution in [0.2, 0.25) is 0 Å². The Balaban J connectivity index is 1.45. The minimum Gasteiger partial charge on any atom is -0.478 e. The molecular formula is C24H27BFN3O5. The number of aromatic carboxylic acids is 1. The van der Waals surface area contributed by atoms with Crippen LogP contribution >= 0.6 is 0 Å². The summed E-state index contributed by atoms with van der Waals surface area (Å²) >= 11 is 0. The zero-order valence-electron chi connectivity index (χ0n) is 19.6. The predicted molar refractivity (Wildman–Crippen MR) is 126 cm³/mol. The van der Waals surface area contributed by atoms with E-state index in [-0.39, 0.29) is 17.4 Å². The molecule has 2 aliphatic heterocycles. The van der Waals surface area contributed by atoms with Gasteiger partial charge < -0.3 is 29.0 Å². The van der Waals surface area contributed by atoms with E-state index in [2.05, 4.69) is 10.3 Å². The van der Waals surface area contributed by atoms with Crippen LogP contribution in [0.4, 0.5) is 16.0 Å². The van der Waals surface area contributed by atoms with Crippen LogP contribution in [0.5, 0.6) is 0 Å². The predicted octanol–water partition coefficient (Wildman–Crippen LogP) is 3.71. The van der Waals surface area contributed by atoms with Crippen LogP contribution in [0, 0.1) is 5.82 Å². The molecule has 0 bridgehead atoms. The molecule has 3 heterocycles. The molecule has 178 valence electrons. The van der Waals surface area contributed by atoms with Gasteiger partial charge in [-0.3, -0.25) is 0 Å². The molecule has 1 unspecified atom stereocenters. The summed E-state index contributed by atoms with van der Waals surface area (Å²) in [5, 5.41) is 12.5. The van der Waals surface area contributed by atoms with E-state index in [4.69, 9.17) is 14.0 Å². The minimum absolute atomic E-state index is 0.00188. The highest BCUT2D eigenvalue weighted by Crippen LogP contribution is 2.36. The fraction of sp³-hybridized carbons (Fsp3) is 0.417. The van der Waals surface area contributed by atoms with Crippen LogP contribution in [0.25, 0.3) is 11.0 Å². The lowest BCUT2D eigenvalue weighted by Gasteiger charge is -2.32. The third-order valence-corrected chi connectivity index (χ3v) is 6.94. The third-order valence-electron chi connectivity index (χ3n) is 6.94. The Morgan fingerprint density at radius 3 is 2.50 bits per heavy atom. The number of hydrogen-bond acceptors (Lipinski definition) is 6. The molecule has 34 heavy (non-hydrogen) atoms. The normalized spacial score (nSPS) is 21.0. The third kappa shape index (κ3) is 3.95. The number of hydrogen-bond donors (Lipinski definition) is 2. The molecule has 0 radical (unpaired) electrons. The highest BCUT2D eigenvalue weighted by Gasteiger charge is 2.51. The average molecular weight is 467 g/mol. The van der Waals surface area contributed by atoms with E-state index in [1.807, 2.05) is 32.3 Å². The van der Waals surface area contributed by atoms with Gasteiger partial charge in [-0.2, -0.15) is 0 Å². The molecule has 2 aromatic carbocycles. The number of imidazole rings is 1. The number of fused-ring (bicyclic) bond motifs is 1. The largest absolute Gasteiger partial charge is 0.494 e. The summed E-state index contributed by atoms with van der Waals surface area (Å²) in [5.41, 5.74) is 1.21. The fourth-order valence-corrected chi connectivity index (χ4v) is 4.05. The molecule has 0 amide bonds. The second-order valence-electron chi connectivity index (χ2n) is 9.79. The van der Waals surface area contributed by atoms with Gasteiger partial charge in [0.25, 0.3) is 0 Å². The summed E-state index contributed by atoms with van der Waals surface area (Å²) in [7, 11) is -0.664. The lowest BCUT2D eigenvalue weighted by atomic mass is 9.79. The van der Waals surface area contributed by atoms with Gasteiger partial charge in [0, 0.05) is 6.61 Å². The molecule has 2 fully saturated rings. The van der Waals surface area contributed by atoms with Gasteiger partial charge in [-0.25, -0.2) is 14.2 Å². The summed E-state index contributed by atoms with van der Waals surface area (Å²) in [6, 6.07) is 9.52. The number of aromatic nitrogens is 2. The molecule has 1 aromatic heterocycles. The highest BCUT2D eigenvalue weighted by molar-refractivity contribution is 6.62. The first-order valence-electron chi connectivity index (χ1n) is 11.3. The van der Waals surface area contributed by atoms with Crippen LogP contribution < -0.4 is 10.8 Å². The van der Waals surface area contributed by atoms with E-state index < -0.39 is 30.1 Å². The van der Waals surface area contributed by atoms with Crippen molar-refractivity contribution in [3.05, 3.63) is 47.8 Å². The monoisotopic (exact) mass is 467 g/mol. The van der Waals surface area contributed by atoms with Crippen LogP contribution in [0.1, 0.15) is 44.5 Å². The summed E-state index contributed by atoms with van der Waals surface area (Å²) in [6.07, 6.45) is 0.900. The van der Waals surface area contributed by atoms with Gasteiger partial charge in [0.1, 0.15) is 5.82 Å². The van der Waals surface area contributed by atoms with Crippen LogP contribution in [-0.2, 0) is 20.6 Å². The number of carboxylic acid groups (broad SMARTS) is 1. The Bertz CT molecular complexity index is 1250. The average Bonchev–Trinajstić information content (AvgIpc) is 3.18. The Kier molecular flexibility index (Phi) is 5.42. The summed E-state index contributed by atoms with van der Waals surface area (Å²) < 4.78 is 34.6. The number of halogens is 1. The van der Waals surface area contributed by atoms with Gasteiger partial charge in [-0.05, 0) is 69.9 Å². The van der Waals surface area contributed by atoms with E-state index in [1.54, 1.807) is 24.3 Å². The Morgan fingerprint density at radius 2 is 1.91 bits per heavy atom. The van der Waals surface area contributed by atoms with Gasteiger partial charge in [-0.1, -0.05) is 6.07 Å². The lowest BCUT2D eigenvalue weighted by Crippen LogP contribution is -2.41. The van der Waals surface area contributed by atoms with Crippen LogP contribution in [0.3, 0.4) is 0 Å². The van der Waals surface area contributed by atoms with Gasteiger partial charge in [0.15, 0.2) is 0 Å². The van der Waals surface area contributed by atoms with Gasteiger partial charge in [-0.15, -0.1) is 0 Å². The fourth-order valence-electron chi connectivity index (χ4n) is 4.05. The van der Waals surface area contributed by atoms with E-state index in [1.165, 1.54) is 12.1 Å². The molecule has 5 rings (SSSR count). The first-order valence-corrected chi connectivity index (χ1v) is 11.3. The maximum atomic E-state index is 15.2. The molecule has 2 N–H and O–H groups in total. The number of nitrogens with zero attached hydrogens (tertiary/aromatic N) is 2. The number of carbonyl (C=O) groups is 1. The topological polar surface area (TPSA) is 94.8 Å². The van der Waals surface area contributed by atoms with E-state index in [9.17, 15) is 9.90 Å². The van der Waals surface area contributed by atoms with Gasteiger partial charge in [0.2, 0.25) is 5.95 Å². The maximum absolute atomic E-state index is 15.2. The minimum atomic E-state index is -1.02. The number of anilines is 2. The quantitative estimate of drug-likeness (QED) is 0.534. The van der Waals surface area contributed by atoms with Crippen LogP contribution in [-0.4, -0.2) is 51.7 Å². The number of rotatable bonds is 6. The lowest BCUT2D eigenvalue weighted by molar-refractivity contribution is -0.0583. The molecule has 0 aliphatic carbocycles. The Labute approximate surface area is 197 Å². The van der Waals surface area contributed by atoms with Crippen LogP contribution in [0.15, 0.2) is 36.4 Å². The van der Waals surface area contributed by atoms with Crippen molar-refractivity contribution >= 4 is 41.2 Å². The molecule has 0 spiro atoms. The molecule has 10 heteroatoms. The molecule has 3 aromatic rings. The van der Waals surface area contributed by atoms with Crippen molar-refractivity contribution in [2.45, 2.75) is 58.0 Å². The van der Waals surface area contributed by atoms with E-state index in [0.717, 1.165) is 6.42 Å². The second kappa shape index (κ2) is 8.07. The standard InChI is InChI=1S/C24H27BFN3O5/c1-23(2)24(3,4)34-25(33-23)15-6-8-18(17(26)12-15)27-22-28-19-7-5-14(21(30)31)11-20(19)29(22)13-16-9-10-32-16/h5-8,11-12,16H,9-10,13H2,1-4H3,(H,27,28)(H,30,31). The molecule has 2 aliphatic rings. The van der Waals surface area contributed by atoms with Crippen molar-refractivity contribution in [3.8, 4) is 0 Å². The van der Waals surface area contributed by atoms with Crippen molar-refractivity contribution in [1.29, 1.82) is 0 Å². The first kappa shape index (κ1) is 22.8. The van der Waals surface area contributed by atoms with Crippen molar-refractivity contribution in [3.63, 3.8) is 0 Å². The van der Waals surface area contributed by atoms with E-state index >= 15 is 4.39 Å². The second-order valence-corrected chi connectivity index (χ2v) is 9.79. The zero-order chi connectivity index (χ0) is 24.3. The summed E-state index contributed by atoms with van der Waals surface area (Å²) in [6.45, 7) is 8.97. The number of benzene rings is 2. The van der Waals surface area contributed by atoms with Crippen molar-refractivity contribution in [2.75, 3.05) is 11.9 Å². The molecular weight excluding hydrogens is 440 g/mol. The smallest absolute Gasteiger partial charge is 0.478 e. The van der Waals surface area contributed by atoms with Crippen molar-refractivity contribution in [2.24, 2.45) is 0 Å². The molecule has 2 saturated heterocycles. The Morgan fingerprint density at radius 1 is 1.21 bits per heavy atom. The van der Waals surface area contributed by atoms with E-state index in [0.29, 0.717) is 35.6 Å². The number of nitrogens with one attached hydrogen (secondary N) is 1. The van der Waals surface area contributed by atoms with Gasteiger partial charge in [0.05, 0.1) is 46.1 Å². The van der Waals surface area contributed by atoms with Gasteiger partial charge >= 0.3 is 13.1 Å². The number of ether oxygens (including phenoxy) is 1. The van der Waals surface area contributed by atoms with Crippen molar-refractivity contribution in [1.82, 2.24) is 9.55 Å². The maximum Gasteiger partial charge on any atom is 0.494 e. The molecule has 8 nitrogen and oxygen atoms in total. The Hall–Kier alpha value is -2.95. The SMILES string of the molecule is CC1(C)OB(c2ccc(Nc3nc4ccc(C(=O)O)cc4n3CC3CCO3)c(F)c2)OC1(C)C. The zero-order valence-corrected chi connectivity index (χ0v) is 19.6. The van der Waals surface area contributed by atoms with Crippen molar-refractivity contribution < 1.29 is 28.3 Å². The summed E-state index contributed by atoms with van der Waals surface area (Å²) in [5.74, 6) is -1.08. The molecule has 0 saturated carbocycles. The summed E-state index contributed by atoms with van der Waals surface area (Å²) in [4.78, 5) is 16.1. The molecule has 1 atom stereocenters.